The number of phenolic OH excluding ortho intramolecular Hbond substituents is 3. The monoisotopic (exact) mass is 202 g/mol. The maximum atomic E-state index is 9.61. The Hall–Kier alpha value is -2.16. The van der Waals surface area contributed by atoms with E-state index in [0.29, 0.717) is 11.1 Å². The van der Waals surface area contributed by atoms with Gasteiger partial charge in [-0.25, -0.2) is 0 Å². The van der Waals surface area contributed by atoms with E-state index in [9.17, 15) is 10.2 Å². The summed E-state index contributed by atoms with van der Waals surface area (Å²) in [5, 5.41) is 28.4. The van der Waals surface area contributed by atoms with Gasteiger partial charge < -0.3 is 15.3 Å². The predicted octanol–water partition coefficient (Wildman–Crippen LogP) is 2.47. The van der Waals surface area contributed by atoms with Gasteiger partial charge in [0.25, 0.3) is 0 Å². The van der Waals surface area contributed by atoms with Gasteiger partial charge in [-0.2, -0.15) is 0 Å². The molecule has 0 atom stereocenters. The number of hydrogen-bond donors (Lipinski definition) is 3. The van der Waals surface area contributed by atoms with E-state index in [4.69, 9.17) is 5.11 Å². The average molecular weight is 202 g/mol. The largest absolute Gasteiger partial charge is 0.508 e. The first-order valence-corrected chi connectivity index (χ1v) is 4.49. The second kappa shape index (κ2) is 3.53. The molecule has 0 amide bonds. The van der Waals surface area contributed by atoms with Crippen LogP contribution >= 0.6 is 0 Å². The van der Waals surface area contributed by atoms with Crippen molar-refractivity contribution in [1.82, 2.24) is 0 Å². The van der Waals surface area contributed by atoms with E-state index in [-0.39, 0.29) is 17.2 Å². The molecule has 0 saturated carbocycles. The van der Waals surface area contributed by atoms with Crippen LogP contribution in [0.5, 0.6) is 17.2 Å². The van der Waals surface area contributed by atoms with Crippen molar-refractivity contribution in [3.63, 3.8) is 0 Å². The second-order valence-corrected chi connectivity index (χ2v) is 3.23. The van der Waals surface area contributed by atoms with E-state index in [0.717, 1.165) is 0 Å². The molecule has 0 saturated heterocycles. The zero-order valence-corrected chi connectivity index (χ0v) is 7.88. The number of hydrogen-bond acceptors (Lipinski definition) is 3. The van der Waals surface area contributed by atoms with Crippen molar-refractivity contribution in [1.29, 1.82) is 0 Å². The van der Waals surface area contributed by atoms with Gasteiger partial charge >= 0.3 is 0 Å². The molecule has 0 aliphatic carbocycles. The highest BCUT2D eigenvalue weighted by atomic mass is 16.3. The first-order chi connectivity index (χ1) is 7.18. The van der Waals surface area contributed by atoms with Gasteiger partial charge in [-0.15, -0.1) is 0 Å². The van der Waals surface area contributed by atoms with Crippen molar-refractivity contribution in [2.75, 3.05) is 0 Å². The molecule has 0 aromatic heterocycles. The summed E-state index contributed by atoms with van der Waals surface area (Å²) in [5.41, 5.74) is 1.03. The lowest BCUT2D eigenvalue weighted by molar-refractivity contribution is 0.430. The second-order valence-electron chi connectivity index (χ2n) is 3.23. The first-order valence-electron chi connectivity index (χ1n) is 4.49. The van der Waals surface area contributed by atoms with Crippen molar-refractivity contribution in [2.45, 2.75) is 0 Å². The third-order valence-electron chi connectivity index (χ3n) is 2.14. The number of aromatic hydroxyl groups is 3. The van der Waals surface area contributed by atoms with E-state index < -0.39 is 0 Å². The summed E-state index contributed by atoms with van der Waals surface area (Å²) in [5.74, 6) is -0.443. The van der Waals surface area contributed by atoms with Crippen LogP contribution in [0.3, 0.4) is 0 Å². The highest BCUT2D eigenvalue weighted by Crippen LogP contribution is 2.39. The van der Waals surface area contributed by atoms with Crippen molar-refractivity contribution in [2.24, 2.45) is 0 Å². The van der Waals surface area contributed by atoms with Gasteiger partial charge in [-0.05, 0) is 5.56 Å². The van der Waals surface area contributed by atoms with Gasteiger partial charge in [0.15, 0.2) is 0 Å². The Morgan fingerprint density at radius 3 is 1.80 bits per heavy atom. The van der Waals surface area contributed by atoms with E-state index >= 15 is 0 Å². The summed E-state index contributed by atoms with van der Waals surface area (Å²) in [6, 6.07) is 11.4. The van der Waals surface area contributed by atoms with Crippen LogP contribution in [0.4, 0.5) is 0 Å². The highest BCUT2D eigenvalue weighted by molar-refractivity contribution is 5.77. The zero-order valence-electron chi connectivity index (χ0n) is 7.88. The van der Waals surface area contributed by atoms with Gasteiger partial charge in [0.1, 0.15) is 17.2 Å². The zero-order chi connectivity index (χ0) is 10.8. The molecule has 76 valence electrons. The topological polar surface area (TPSA) is 60.7 Å². The minimum Gasteiger partial charge on any atom is -0.508 e. The van der Waals surface area contributed by atoms with Crippen LogP contribution in [0.25, 0.3) is 11.1 Å². The summed E-state index contributed by atoms with van der Waals surface area (Å²) >= 11 is 0. The molecule has 3 N–H and O–H groups in total. The fourth-order valence-electron chi connectivity index (χ4n) is 1.50. The standard InChI is InChI=1S/C12H10O3/c13-9-6-10(14)12(11(15)7-9)8-4-2-1-3-5-8/h1-7,13-15H. The Morgan fingerprint density at radius 1 is 0.733 bits per heavy atom. The molecule has 0 aliphatic heterocycles. The fraction of sp³-hybridized carbons (Fsp3) is 0. The third kappa shape index (κ3) is 1.72. The van der Waals surface area contributed by atoms with E-state index in [1.54, 1.807) is 24.3 Å². The Kier molecular flexibility index (Phi) is 2.21. The van der Waals surface area contributed by atoms with Crippen LogP contribution in [0, 0.1) is 0 Å². The molecule has 3 nitrogen and oxygen atoms in total. The van der Waals surface area contributed by atoms with E-state index in [1.807, 2.05) is 6.07 Å². The van der Waals surface area contributed by atoms with E-state index in [1.165, 1.54) is 12.1 Å². The SMILES string of the molecule is Oc1cc(O)c(-c2ccccc2)c(O)c1. The molecular weight excluding hydrogens is 192 g/mol. The maximum absolute atomic E-state index is 9.61. The van der Waals surface area contributed by atoms with Crippen LogP contribution in [0.2, 0.25) is 0 Å². The van der Waals surface area contributed by atoms with Gasteiger partial charge in [-0.1, -0.05) is 30.3 Å². The van der Waals surface area contributed by atoms with Crippen LogP contribution in [-0.4, -0.2) is 15.3 Å². The Bertz CT molecular complexity index is 454. The van der Waals surface area contributed by atoms with Crippen molar-refractivity contribution >= 4 is 0 Å². The van der Waals surface area contributed by atoms with Crippen LogP contribution in [0.15, 0.2) is 42.5 Å². The van der Waals surface area contributed by atoms with Crippen LogP contribution in [-0.2, 0) is 0 Å². The molecule has 0 heterocycles. The van der Waals surface area contributed by atoms with Gasteiger partial charge in [0.2, 0.25) is 0 Å². The Morgan fingerprint density at radius 2 is 1.27 bits per heavy atom. The molecule has 0 radical (unpaired) electrons. The first kappa shape index (κ1) is 9.40. The molecule has 0 unspecified atom stereocenters. The molecule has 0 aliphatic rings. The molecule has 15 heavy (non-hydrogen) atoms. The molecule has 0 spiro atoms. The molecule has 2 rings (SSSR count). The quantitative estimate of drug-likeness (QED) is 0.665. The minimum absolute atomic E-state index is 0.140. The molecule has 2 aromatic rings. The van der Waals surface area contributed by atoms with Crippen LogP contribution in [0.1, 0.15) is 0 Å². The number of phenols is 3. The molecule has 0 bridgehead atoms. The smallest absolute Gasteiger partial charge is 0.130 e. The van der Waals surface area contributed by atoms with Crippen molar-refractivity contribution in [3.8, 4) is 28.4 Å². The summed E-state index contributed by atoms with van der Waals surface area (Å²) in [7, 11) is 0. The Balaban J connectivity index is 2.64. The minimum atomic E-state index is -0.162. The van der Waals surface area contributed by atoms with Gasteiger partial charge in [0, 0.05) is 12.1 Å². The fourth-order valence-corrected chi connectivity index (χ4v) is 1.50. The molecular formula is C12H10O3. The van der Waals surface area contributed by atoms with E-state index in [2.05, 4.69) is 0 Å². The van der Waals surface area contributed by atoms with Gasteiger partial charge in [-0.3, -0.25) is 0 Å². The normalized spacial score (nSPS) is 10.1. The molecule has 0 fully saturated rings. The lowest BCUT2D eigenvalue weighted by atomic mass is 10.0. The lowest BCUT2D eigenvalue weighted by Gasteiger charge is -2.07. The summed E-state index contributed by atoms with van der Waals surface area (Å²) in [6.07, 6.45) is 0. The lowest BCUT2D eigenvalue weighted by Crippen LogP contribution is -1.80. The number of rotatable bonds is 1. The van der Waals surface area contributed by atoms with Gasteiger partial charge in [0.05, 0.1) is 5.56 Å². The number of benzene rings is 2. The maximum Gasteiger partial charge on any atom is 0.130 e. The summed E-state index contributed by atoms with van der Waals surface area (Å²) in [6.45, 7) is 0. The third-order valence-corrected chi connectivity index (χ3v) is 2.14. The predicted molar refractivity (Wildman–Crippen MR) is 56.9 cm³/mol. The summed E-state index contributed by atoms with van der Waals surface area (Å²) < 4.78 is 0. The summed E-state index contributed by atoms with van der Waals surface area (Å²) in [4.78, 5) is 0. The average Bonchev–Trinajstić information content (AvgIpc) is 2.17. The highest BCUT2D eigenvalue weighted by Gasteiger charge is 2.10. The molecule has 3 heteroatoms. The van der Waals surface area contributed by atoms with Crippen molar-refractivity contribution < 1.29 is 15.3 Å². The molecule has 2 aromatic carbocycles. The Labute approximate surface area is 86.9 Å². The van der Waals surface area contributed by atoms with Crippen LogP contribution < -0.4 is 0 Å². The van der Waals surface area contributed by atoms with Crippen molar-refractivity contribution in [3.05, 3.63) is 42.5 Å².